The summed E-state index contributed by atoms with van der Waals surface area (Å²) in [6, 6.07) is 13.6. The summed E-state index contributed by atoms with van der Waals surface area (Å²) in [4.78, 5) is 32.0. The predicted octanol–water partition coefficient (Wildman–Crippen LogP) is 2.93. The average molecular weight is 379 g/mol. The predicted molar refractivity (Wildman–Crippen MR) is 107 cm³/mol. The van der Waals surface area contributed by atoms with Gasteiger partial charge in [-0.2, -0.15) is 0 Å². The molecule has 1 aliphatic rings. The zero-order valence-electron chi connectivity index (χ0n) is 15.7. The molecule has 0 spiro atoms. The molecule has 144 valence electrons. The maximum absolute atomic E-state index is 13.0. The number of para-hydroxylation sites is 1. The summed E-state index contributed by atoms with van der Waals surface area (Å²) in [5, 5.41) is 1.03. The summed E-state index contributed by atoms with van der Waals surface area (Å²) in [5.41, 5.74) is 3.10. The van der Waals surface area contributed by atoms with Crippen molar-refractivity contribution in [1.29, 1.82) is 0 Å². The Labute approximate surface area is 162 Å². The van der Waals surface area contributed by atoms with Gasteiger partial charge in [0, 0.05) is 43.9 Å². The van der Waals surface area contributed by atoms with Crippen molar-refractivity contribution in [3.8, 4) is 0 Å². The molecule has 1 aromatic heterocycles. The quantitative estimate of drug-likeness (QED) is 0.761. The van der Waals surface area contributed by atoms with Crippen LogP contribution >= 0.6 is 0 Å². The number of rotatable bonds is 3. The number of carbonyl (C=O) groups is 1. The SMILES string of the molecule is Cc1cccc2cc(CN3CCN(C(=O)c4ccc(F)cc4)CC3)c(=O)[nH]c12. The van der Waals surface area contributed by atoms with Gasteiger partial charge in [0.25, 0.3) is 11.5 Å². The Morgan fingerprint density at radius 1 is 1.07 bits per heavy atom. The number of halogens is 1. The number of nitrogens with one attached hydrogen (secondary N) is 1. The van der Waals surface area contributed by atoms with Gasteiger partial charge in [0.1, 0.15) is 5.82 Å². The Kier molecular flexibility index (Phi) is 4.96. The van der Waals surface area contributed by atoms with Gasteiger partial charge in [-0.3, -0.25) is 14.5 Å². The van der Waals surface area contributed by atoms with E-state index in [1.54, 1.807) is 4.90 Å². The van der Waals surface area contributed by atoms with Gasteiger partial charge in [0.05, 0.1) is 5.52 Å². The van der Waals surface area contributed by atoms with E-state index in [2.05, 4.69) is 9.88 Å². The third-order valence-corrected chi connectivity index (χ3v) is 5.31. The molecule has 2 heterocycles. The van der Waals surface area contributed by atoms with Crippen molar-refractivity contribution in [1.82, 2.24) is 14.8 Å². The summed E-state index contributed by atoms with van der Waals surface area (Å²) in [6.45, 7) is 5.09. The van der Waals surface area contributed by atoms with Crippen LogP contribution in [0.3, 0.4) is 0 Å². The number of nitrogens with zero attached hydrogens (tertiary/aromatic N) is 2. The molecule has 0 aliphatic carbocycles. The highest BCUT2D eigenvalue weighted by molar-refractivity contribution is 5.94. The summed E-state index contributed by atoms with van der Waals surface area (Å²) in [5.74, 6) is -0.434. The van der Waals surface area contributed by atoms with Crippen molar-refractivity contribution in [2.75, 3.05) is 26.2 Å². The number of H-pyrrole nitrogens is 1. The van der Waals surface area contributed by atoms with Crippen LogP contribution in [0.2, 0.25) is 0 Å². The van der Waals surface area contributed by atoms with Crippen molar-refractivity contribution in [2.45, 2.75) is 13.5 Å². The van der Waals surface area contributed by atoms with E-state index in [0.29, 0.717) is 38.3 Å². The zero-order valence-corrected chi connectivity index (χ0v) is 15.7. The number of fused-ring (bicyclic) bond motifs is 1. The lowest BCUT2D eigenvalue weighted by Gasteiger charge is -2.34. The molecule has 1 amide bonds. The molecule has 3 aromatic rings. The fraction of sp³-hybridized carbons (Fsp3) is 0.273. The van der Waals surface area contributed by atoms with Crippen molar-refractivity contribution >= 4 is 16.8 Å². The van der Waals surface area contributed by atoms with Gasteiger partial charge in [-0.05, 0) is 48.2 Å². The molecule has 1 aliphatic heterocycles. The Morgan fingerprint density at radius 3 is 2.50 bits per heavy atom. The van der Waals surface area contributed by atoms with E-state index in [-0.39, 0.29) is 17.3 Å². The van der Waals surface area contributed by atoms with Crippen molar-refractivity contribution in [3.05, 3.63) is 81.4 Å². The number of hydrogen-bond acceptors (Lipinski definition) is 3. The third kappa shape index (κ3) is 3.68. The van der Waals surface area contributed by atoms with E-state index in [9.17, 15) is 14.0 Å². The molecule has 0 atom stereocenters. The number of amides is 1. The Morgan fingerprint density at radius 2 is 1.79 bits per heavy atom. The summed E-state index contributed by atoms with van der Waals surface area (Å²) in [6.07, 6.45) is 0. The van der Waals surface area contributed by atoms with Gasteiger partial charge < -0.3 is 9.88 Å². The smallest absolute Gasteiger partial charge is 0.253 e. The second-order valence-corrected chi connectivity index (χ2v) is 7.24. The molecular formula is C22H22FN3O2. The van der Waals surface area contributed by atoms with Gasteiger partial charge in [-0.1, -0.05) is 18.2 Å². The minimum Gasteiger partial charge on any atom is -0.336 e. The first-order valence-electron chi connectivity index (χ1n) is 9.40. The van der Waals surface area contributed by atoms with E-state index in [4.69, 9.17) is 0 Å². The van der Waals surface area contributed by atoms with E-state index >= 15 is 0 Å². The molecule has 6 heteroatoms. The molecular weight excluding hydrogens is 357 g/mol. The van der Waals surface area contributed by atoms with Gasteiger partial charge in [0.2, 0.25) is 0 Å². The highest BCUT2D eigenvalue weighted by Crippen LogP contribution is 2.17. The Hall–Kier alpha value is -2.99. The van der Waals surface area contributed by atoms with E-state index in [1.165, 1.54) is 24.3 Å². The number of aromatic amines is 1. The average Bonchev–Trinajstić information content (AvgIpc) is 2.70. The van der Waals surface area contributed by atoms with Crippen LogP contribution in [0.1, 0.15) is 21.5 Å². The van der Waals surface area contributed by atoms with Gasteiger partial charge in [-0.15, -0.1) is 0 Å². The van der Waals surface area contributed by atoms with Crippen LogP contribution in [0.5, 0.6) is 0 Å². The maximum atomic E-state index is 13.0. The molecule has 0 unspecified atom stereocenters. The number of benzene rings is 2. The van der Waals surface area contributed by atoms with E-state index in [0.717, 1.165) is 22.0 Å². The van der Waals surface area contributed by atoms with Crippen LogP contribution in [0.25, 0.3) is 10.9 Å². The van der Waals surface area contributed by atoms with Crippen LogP contribution in [0, 0.1) is 12.7 Å². The van der Waals surface area contributed by atoms with Gasteiger partial charge in [-0.25, -0.2) is 4.39 Å². The van der Waals surface area contributed by atoms with Crippen molar-refractivity contribution in [3.63, 3.8) is 0 Å². The highest BCUT2D eigenvalue weighted by atomic mass is 19.1. The second-order valence-electron chi connectivity index (χ2n) is 7.24. The van der Waals surface area contributed by atoms with Crippen LogP contribution in [-0.4, -0.2) is 46.9 Å². The monoisotopic (exact) mass is 379 g/mol. The first kappa shape index (κ1) is 18.4. The van der Waals surface area contributed by atoms with Crippen LogP contribution < -0.4 is 5.56 Å². The Balaban J connectivity index is 1.42. The van der Waals surface area contributed by atoms with E-state index in [1.807, 2.05) is 31.2 Å². The number of aromatic nitrogens is 1. The lowest BCUT2D eigenvalue weighted by Crippen LogP contribution is -2.48. The molecule has 0 bridgehead atoms. The number of piperazine rings is 1. The lowest BCUT2D eigenvalue weighted by molar-refractivity contribution is 0.0628. The summed E-state index contributed by atoms with van der Waals surface area (Å²) < 4.78 is 13.0. The molecule has 1 fully saturated rings. The molecule has 2 aromatic carbocycles. The number of pyridine rings is 1. The van der Waals surface area contributed by atoms with Crippen LogP contribution in [-0.2, 0) is 6.54 Å². The van der Waals surface area contributed by atoms with Gasteiger partial charge in [0.15, 0.2) is 0 Å². The number of hydrogen-bond donors (Lipinski definition) is 1. The molecule has 0 saturated carbocycles. The molecule has 1 N–H and O–H groups in total. The fourth-order valence-electron chi connectivity index (χ4n) is 3.67. The molecule has 0 radical (unpaired) electrons. The third-order valence-electron chi connectivity index (χ3n) is 5.31. The topological polar surface area (TPSA) is 56.4 Å². The standard InChI is InChI=1S/C22H22FN3O2/c1-15-3-2-4-17-13-18(21(27)24-20(15)17)14-25-9-11-26(12-10-25)22(28)16-5-7-19(23)8-6-16/h2-8,13H,9-12,14H2,1H3,(H,24,27). The zero-order chi connectivity index (χ0) is 19.7. The number of carbonyl (C=O) groups excluding carboxylic acids is 1. The normalized spacial score (nSPS) is 15.1. The minimum atomic E-state index is -0.350. The molecule has 4 rings (SSSR count). The van der Waals surface area contributed by atoms with E-state index < -0.39 is 0 Å². The van der Waals surface area contributed by atoms with Crippen LogP contribution in [0.4, 0.5) is 4.39 Å². The first-order chi connectivity index (χ1) is 13.5. The largest absolute Gasteiger partial charge is 0.336 e. The second kappa shape index (κ2) is 7.56. The maximum Gasteiger partial charge on any atom is 0.253 e. The highest BCUT2D eigenvalue weighted by Gasteiger charge is 2.22. The molecule has 28 heavy (non-hydrogen) atoms. The summed E-state index contributed by atoms with van der Waals surface area (Å²) >= 11 is 0. The van der Waals surface area contributed by atoms with Crippen molar-refractivity contribution < 1.29 is 9.18 Å². The first-order valence-corrected chi connectivity index (χ1v) is 9.40. The summed E-state index contributed by atoms with van der Waals surface area (Å²) in [7, 11) is 0. The lowest BCUT2D eigenvalue weighted by atomic mass is 10.1. The minimum absolute atomic E-state index is 0.0633. The molecule has 1 saturated heterocycles. The number of aryl methyl sites for hydroxylation is 1. The van der Waals surface area contributed by atoms with Crippen LogP contribution in [0.15, 0.2) is 53.3 Å². The Bertz CT molecular complexity index is 1070. The fourth-order valence-corrected chi connectivity index (χ4v) is 3.67. The van der Waals surface area contributed by atoms with Gasteiger partial charge >= 0.3 is 0 Å². The van der Waals surface area contributed by atoms with Crippen molar-refractivity contribution in [2.24, 2.45) is 0 Å². The molecule has 5 nitrogen and oxygen atoms in total.